The van der Waals surface area contributed by atoms with Gasteiger partial charge in [-0.25, -0.2) is 0 Å². The van der Waals surface area contributed by atoms with Crippen molar-refractivity contribution in [3.8, 4) is 6.07 Å². The number of carbonyl (C=O) groups excluding carboxylic acids is 1. The maximum absolute atomic E-state index is 12.1. The number of ether oxygens (including phenoxy) is 2. The molecule has 0 saturated carbocycles. The molecule has 88 valence electrons. The summed E-state index contributed by atoms with van der Waals surface area (Å²) >= 11 is 0. The normalized spacial score (nSPS) is 16.8. The number of anilines is 1. The summed E-state index contributed by atoms with van der Waals surface area (Å²) in [5, 5.41) is 8.89. The average molecular weight is 232 g/mol. The van der Waals surface area contributed by atoms with Gasteiger partial charge >= 0.3 is 0 Å². The zero-order valence-electron chi connectivity index (χ0n) is 9.85. The van der Waals surface area contributed by atoms with E-state index in [1.165, 1.54) is 19.1 Å². The number of benzene rings is 1. The highest BCUT2D eigenvalue weighted by Gasteiger charge is 2.51. The van der Waals surface area contributed by atoms with Gasteiger partial charge in [0.25, 0.3) is 11.7 Å². The predicted octanol–water partition coefficient (Wildman–Crippen LogP) is 0.980. The first-order valence-corrected chi connectivity index (χ1v) is 5.03. The van der Waals surface area contributed by atoms with Gasteiger partial charge in [0.15, 0.2) is 0 Å². The number of rotatable bonds is 2. The molecule has 1 aromatic carbocycles. The molecule has 0 N–H and O–H groups in total. The Morgan fingerprint density at radius 2 is 2.00 bits per heavy atom. The molecule has 0 spiro atoms. The number of hydrogen-bond acceptors (Lipinski definition) is 4. The van der Waals surface area contributed by atoms with Crippen LogP contribution in [0.2, 0.25) is 0 Å². The maximum Gasteiger partial charge on any atom is 0.292 e. The standard InChI is InChI=1S/C12H12N2O3/c1-14-10-5-4-8(7-13)6-9(10)12(16-2,17-3)11(14)15/h4-6H,1-3H3. The summed E-state index contributed by atoms with van der Waals surface area (Å²) in [7, 11) is 4.46. The number of methoxy groups -OCH3 is 2. The summed E-state index contributed by atoms with van der Waals surface area (Å²) in [6.07, 6.45) is 0. The van der Waals surface area contributed by atoms with Crippen molar-refractivity contribution in [1.82, 2.24) is 0 Å². The molecule has 2 rings (SSSR count). The summed E-state index contributed by atoms with van der Waals surface area (Å²) in [6.45, 7) is 0. The second-order valence-electron chi connectivity index (χ2n) is 3.73. The zero-order chi connectivity index (χ0) is 12.6. The summed E-state index contributed by atoms with van der Waals surface area (Å²) in [4.78, 5) is 13.6. The van der Waals surface area contributed by atoms with Crippen molar-refractivity contribution in [1.29, 1.82) is 5.26 Å². The lowest BCUT2D eigenvalue weighted by Gasteiger charge is -2.24. The second-order valence-corrected chi connectivity index (χ2v) is 3.73. The molecule has 17 heavy (non-hydrogen) atoms. The van der Waals surface area contributed by atoms with Gasteiger partial charge in [-0.2, -0.15) is 5.26 Å². The minimum absolute atomic E-state index is 0.299. The largest absolute Gasteiger partial charge is 0.342 e. The molecule has 0 bridgehead atoms. The van der Waals surface area contributed by atoms with E-state index in [1.54, 1.807) is 25.2 Å². The maximum atomic E-state index is 12.1. The molecule has 1 amide bonds. The van der Waals surface area contributed by atoms with E-state index in [9.17, 15) is 4.79 Å². The van der Waals surface area contributed by atoms with Gasteiger partial charge < -0.3 is 14.4 Å². The number of likely N-dealkylation sites (N-methyl/N-ethyl adjacent to an activating group) is 1. The molecule has 1 heterocycles. The highest BCUT2D eigenvalue weighted by Crippen LogP contribution is 2.42. The van der Waals surface area contributed by atoms with Crippen molar-refractivity contribution < 1.29 is 14.3 Å². The van der Waals surface area contributed by atoms with Crippen LogP contribution in [0.15, 0.2) is 18.2 Å². The first-order chi connectivity index (χ1) is 8.10. The van der Waals surface area contributed by atoms with Crippen molar-refractivity contribution in [3.05, 3.63) is 29.3 Å². The quantitative estimate of drug-likeness (QED) is 0.713. The van der Waals surface area contributed by atoms with E-state index in [0.29, 0.717) is 16.8 Å². The second kappa shape index (κ2) is 3.84. The van der Waals surface area contributed by atoms with Crippen LogP contribution in [0.4, 0.5) is 5.69 Å². The fourth-order valence-electron chi connectivity index (χ4n) is 2.08. The van der Waals surface area contributed by atoms with Gasteiger partial charge in [0.1, 0.15) is 0 Å². The van der Waals surface area contributed by atoms with Gasteiger partial charge in [-0.15, -0.1) is 0 Å². The van der Waals surface area contributed by atoms with Crippen LogP contribution >= 0.6 is 0 Å². The van der Waals surface area contributed by atoms with Gasteiger partial charge in [0.2, 0.25) is 0 Å². The predicted molar refractivity (Wildman–Crippen MR) is 60.3 cm³/mol. The molecule has 0 atom stereocenters. The van der Waals surface area contributed by atoms with Crippen molar-refractivity contribution in [2.24, 2.45) is 0 Å². The van der Waals surface area contributed by atoms with Gasteiger partial charge in [0.05, 0.1) is 17.3 Å². The molecule has 1 aliphatic heterocycles. The topological polar surface area (TPSA) is 62.6 Å². The Kier molecular flexibility index (Phi) is 2.62. The highest BCUT2D eigenvalue weighted by molar-refractivity contribution is 6.05. The van der Waals surface area contributed by atoms with Crippen LogP contribution in [0, 0.1) is 11.3 Å². The molecule has 5 nitrogen and oxygen atoms in total. The number of hydrogen-bond donors (Lipinski definition) is 0. The minimum atomic E-state index is -1.43. The first-order valence-electron chi connectivity index (χ1n) is 5.03. The van der Waals surface area contributed by atoms with Crippen LogP contribution < -0.4 is 4.90 Å². The Bertz CT molecular complexity index is 515. The molecule has 0 aliphatic carbocycles. The Balaban J connectivity index is 2.70. The fourth-order valence-corrected chi connectivity index (χ4v) is 2.08. The molecule has 1 aliphatic rings. The van der Waals surface area contributed by atoms with Crippen LogP contribution in [-0.4, -0.2) is 27.2 Å². The summed E-state index contributed by atoms with van der Waals surface area (Å²) in [5.41, 5.74) is 1.72. The van der Waals surface area contributed by atoms with Crippen molar-refractivity contribution in [2.45, 2.75) is 5.79 Å². The van der Waals surface area contributed by atoms with Crippen LogP contribution in [0.5, 0.6) is 0 Å². The van der Waals surface area contributed by atoms with Crippen LogP contribution in [0.1, 0.15) is 11.1 Å². The number of nitriles is 1. The molecule has 1 aromatic rings. The van der Waals surface area contributed by atoms with Gasteiger partial charge in [0, 0.05) is 26.8 Å². The minimum Gasteiger partial charge on any atom is -0.342 e. The molecular weight excluding hydrogens is 220 g/mol. The highest BCUT2D eigenvalue weighted by atomic mass is 16.7. The lowest BCUT2D eigenvalue weighted by Crippen LogP contribution is -2.41. The number of carbonyl (C=O) groups is 1. The number of fused-ring (bicyclic) bond motifs is 1. The summed E-state index contributed by atoms with van der Waals surface area (Å²) < 4.78 is 10.5. The van der Waals surface area contributed by atoms with E-state index in [4.69, 9.17) is 14.7 Å². The average Bonchev–Trinajstić information content (AvgIpc) is 2.59. The third-order valence-electron chi connectivity index (χ3n) is 3.00. The van der Waals surface area contributed by atoms with Crippen molar-refractivity contribution in [3.63, 3.8) is 0 Å². The summed E-state index contributed by atoms with van der Waals surface area (Å²) in [6, 6.07) is 7.02. The first kappa shape index (κ1) is 11.6. The van der Waals surface area contributed by atoms with E-state index in [1.807, 2.05) is 6.07 Å². The Hall–Kier alpha value is -1.90. The molecule has 0 fully saturated rings. The van der Waals surface area contributed by atoms with Gasteiger partial charge in [-0.3, -0.25) is 4.79 Å². The van der Waals surface area contributed by atoms with Crippen LogP contribution in [0.25, 0.3) is 0 Å². The Morgan fingerprint density at radius 1 is 1.35 bits per heavy atom. The Morgan fingerprint density at radius 3 is 2.53 bits per heavy atom. The summed E-state index contributed by atoms with van der Waals surface area (Å²) in [5.74, 6) is -1.73. The van der Waals surface area contributed by atoms with Gasteiger partial charge in [-0.05, 0) is 18.2 Å². The molecule has 0 unspecified atom stereocenters. The number of amides is 1. The SMILES string of the molecule is COC1(OC)C(=O)N(C)c2ccc(C#N)cc21. The van der Waals surface area contributed by atoms with E-state index in [0.717, 1.165) is 0 Å². The van der Waals surface area contributed by atoms with E-state index in [2.05, 4.69) is 0 Å². The van der Waals surface area contributed by atoms with Crippen molar-refractivity contribution in [2.75, 3.05) is 26.2 Å². The third-order valence-corrected chi connectivity index (χ3v) is 3.00. The molecule has 0 saturated heterocycles. The van der Waals surface area contributed by atoms with Crippen LogP contribution in [-0.2, 0) is 20.1 Å². The van der Waals surface area contributed by atoms with Gasteiger partial charge in [-0.1, -0.05) is 0 Å². The third kappa shape index (κ3) is 1.35. The molecule has 5 heteroatoms. The van der Waals surface area contributed by atoms with Crippen molar-refractivity contribution >= 4 is 11.6 Å². The van der Waals surface area contributed by atoms with E-state index in [-0.39, 0.29) is 5.91 Å². The fraction of sp³-hybridized carbons (Fsp3) is 0.333. The van der Waals surface area contributed by atoms with E-state index >= 15 is 0 Å². The monoisotopic (exact) mass is 232 g/mol. The molecule has 0 aromatic heterocycles. The van der Waals surface area contributed by atoms with Crippen LogP contribution in [0.3, 0.4) is 0 Å². The Labute approximate surface area is 99.2 Å². The molecular formula is C12H12N2O3. The molecule has 0 radical (unpaired) electrons. The number of nitrogens with zero attached hydrogens (tertiary/aromatic N) is 2. The lowest BCUT2D eigenvalue weighted by molar-refractivity contribution is -0.208. The lowest BCUT2D eigenvalue weighted by atomic mass is 10.0. The van der Waals surface area contributed by atoms with E-state index < -0.39 is 5.79 Å². The smallest absolute Gasteiger partial charge is 0.292 e. The zero-order valence-corrected chi connectivity index (χ0v) is 9.85.